The third-order valence-corrected chi connectivity index (χ3v) is 3.44. The molecule has 1 fully saturated rings. The Morgan fingerprint density at radius 1 is 1.47 bits per heavy atom. The minimum Gasteiger partial charge on any atom is -0.316 e. The van der Waals surface area contributed by atoms with E-state index in [1.807, 2.05) is 0 Å². The van der Waals surface area contributed by atoms with Gasteiger partial charge in [0.15, 0.2) is 0 Å². The monoisotopic (exact) mass is 274 g/mol. The molecule has 1 aromatic heterocycles. The molecular formula is C11H16Cl2N4. The third kappa shape index (κ3) is 4.07. The van der Waals surface area contributed by atoms with Crippen molar-refractivity contribution in [3.8, 4) is 0 Å². The van der Waals surface area contributed by atoms with Crippen LogP contribution in [0.2, 0.25) is 10.4 Å². The van der Waals surface area contributed by atoms with Crippen molar-refractivity contribution >= 4 is 23.2 Å². The van der Waals surface area contributed by atoms with Gasteiger partial charge in [-0.05, 0) is 50.0 Å². The predicted molar refractivity (Wildman–Crippen MR) is 69.4 cm³/mol. The van der Waals surface area contributed by atoms with Crippen molar-refractivity contribution in [2.45, 2.75) is 19.4 Å². The second kappa shape index (κ2) is 6.50. The SMILES string of the molecule is Clc1ncc(CNC[C@H]2CCCNC2)c(Cl)n1. The summed E-state index contributed by atoms with van der Waals surface area (Å²) in [6, 6.07) is 0. The summed E-state index contributed by atoms with van der Waals surface area (Å²) in [5.41, 5.74) is 0.889. The van der Waals surface area contributed by atoms with Crippen LogP contribution in [0.5, 0.6) is 0 Å². The standard InChI is InChI=1S/C11H16Cl2N4/c12-10-9(7-16-11(13)17-10)6-15-5-8-2-1-3-14-4-8/h7-8,14-15H,1-6H2/t8-/m0/s1. The van der Waals surface area contributed by atoms with Crippen molar-refractivity contribution in [1.82, 2.24) is 20.6 Å². The Kier molecular flexibility index (Phi) is 4.98. The zero-order valence-corrected chi connectivity index (χ0v) is 11.1. The minimum atomic E-state index is 0.190. The van der Waals surface area contributed by atoms with Crippen LogP contribution in [-0.2, 0) is 6.54 Å². The van der Waals surface area contributed by atoms with Crippen LogP contribution in [0, 0.1) is 5.92 Å². The molecule has 1 aliphatic heterocycles. The van der Waals surface area contributed by atoms with Crippen molar-refractivity contribution in [3.05, 3.63) is 22.2 Å². The summed E-state index contributed by atoms with van der Waals surface area (Å²) in [6.07, 6.45) is 4.21. The Morgan fingerprint density at radius 3 is 3.06 bits per heavy atom. The zero-order chi connectivity index (χ0) is 12.1. The van der Waals surface area contributed by atoms with Crippen molar-refractivity contribution in [2.24, 2.45) is 5.92 Å². The molecule has 0 bridgehead atoms. The van der Waals surface area contributed by atoms with Gasteiger partial charge in [-0.2, -0.15) is 0 Å². The lowest BCUT2D eigenvalue weighted by Gasteiger charge is -2.22. The summed E-state index contributed by atoms with van der Waals surface area (Å²) in [6.45, 7) is 3.92. The number of rotatable bonds is 4. The Morgan fingerprint density at radius 2 is 2.35 bits per heavy atom. The van der Waals surface area contributed by atoms with E-state index in [2.05, 4.69) is 20.6 Å². The fourth-order valence-electron chi connectivity index (χ4n) is 1.99. The lowest BCUT2D eigenvalue weighted by Crippen LogP contribution is -2.35. The quantitative estimate of drug-likeness (QED) is 0.650. The van der Waals surface area contributed by atoms with Gasteiger partial charge in [0.2, 0.25) is 5.28 Å². The number of hydrogen-bond donors (Lipinski definition) is 2. The molecule has 1 atom stereocenters. The first-order valence-electron chi connectivity index (χ1n) is 5.84. The minimum absolute atomic E-state index is 0.190. The molecule has 0 aliphatic carbocycles. The highest BCUT2D eigenvalue weighted by molar-refractivity contribution is 6.32. The first kappa shape index (κ1) is 13.0. The molecule has 2 rings (SSSR count). The van der Waals surface area contributed by atoms with E-state index in [-0.39, 0.29) is 5.28 Å². The molecule has 0 saturated carbocycles. The van der Waals surface area contributed by atoms with Crippen molar-refractivity contribution in [2.75, 3.05) is 19.6 Å². The Bertz CT molecular complexity index is 366. The van der Waals surface area contributed by atoms with Crippen LogP contribution >= 0.6 is 23.2 Å². The summed E-state index contributed by atoms with van der Waals surface area (Å²) >= 11 is 11.6. The molecule has 0 unspecified atom stereocenters. The molecule has 0 spiro atoms. The van der Waals surface area contributed by atoms with Crippen LogP contribution in [0.3, 0.4) is 0 Å². The van der Waals surface area contributed by atoms with Crippen molar-refractivity contribution in [1.29, 1.82) is 0 Å². The van der Waals surface area contributed by atoms with Crippen LogP contribution in [0.25, 0.3) is 0 Å². The van der Waals surface area contributed by atoms with Crippen LogP contribution in [0.4, 0.5) is 0 Å². The molecule has 0 radical (unpaired) electrons. The highest BCUT2D eigenvalue weighted by Gasteiger charge is 2.12. The summed E-state index contributed by atoms with van der Waals surface area (Å²) in [4.78, 5) is 7.83. The summed E-state index contributed by atoms with van der Waals surface area (Å²) in [5.74, 6) is 0.704. The second-order valence-electron chi connectivity index (χ2n) is 4.30. The van der Waals surface area contributed by atoms with E-state index >= 15 is 0 Å². The second-order valence-corrected chi connectivity index (χ2v) is 4.99. The molecule has 2 heterocycles. The van der Waals surface area contributed by atoms with Gasteiger partial charge in [-0.3, -0.25) is 0 Å². The molecule has 1 aromatic rings. The van der Waals surface area contributed by atoms with Crippen LogP contribution < -0.4 is 10.6 Å². The molecular weight excluding hydrogens is 259 g/mol. The van der Waals surface area contributed by atoms with Crippen molar-refractivity contribution in [3.63, 3.8) is 0 Å². The zero-order valence-electron chi connectivity index (χ0n) is 9.55. The highest BCUT2D eigenvalue weighted by atomic mass is 35.5. The van der Waals surface area contributed by atoms with Gasteiger partial charge in [-0.15, -0.1) is 0 Å². The first-order chi connectivity index (χ1) is 8.25. The van der Waals surface area contributed by atoms with Crippen LogP contribution in [-0.4, -0.2) is 29.6 Å². The normalized spacial score (nSPS) is 20.5. The van der Waals surface area contributed by atoms with E-state index in [9.17, 15) is 0 Å². The Hall–Kier alpha value is -0.420. The maximum Gasteiger partial charge on any atom is 0.223 e. The lowest BCUT2D eigenvalue weighted by molar-refractivity contribution is 0.360. The lowest BCUT2D eigenvalue weighted by atomic mass is 10.00. The molecule has 0 amide bonds. The average molecular weight is 275 g/mol. The van der Waals surface area contributed by atoms with Gasteiger partial charge < -0.3 is 10.6 Å². The molecule has 1 saturated heterocycles. The smallest absolute Gasteiger partial charge is 0.223 e. The van der Waals surface area contributed by atoms with Gasteiger partial charge in [0.1, 0.15) is 5.15 Å². The maximum atomic E-state index is 5.96. The van der Waals surface area contributed by atoms with Crippen LogP contribution in [0.1, 0.15) is 18.4 Å². The molecule has 6 heteroatoms. The number of halogens is 2. The maximum absolute atomic E-state index is 5.96. The molecule has 17 heavy (non-hydrogen) atoms. The third-order valence-electron chi connectivity index (χ3n) is 2.93. The average Bonchev–Trinajstić information content (AvgIpc) is 2.33. The van der Waals surface area contributed by atoms with Gasteiger partial charge >= 0.3 is 0 Å². The summed E-state index contributed by atoms with van der Waals surface area (Å²) in [7, 11) is 0. The van der Waals surface area contributed by atoms with E-state index in [0.29, 0.717) is 17.6 Å². The van der Waals surface area contributed by atoms with E-state index in [1.54, 1.807) is 6.20 Å². The predicted octanol–water partition coefficient (Wildman–Crippen LogP) is 1.87. The molecule has 1 aliphatic rings. The number of nitrogens with zero attached hydrogens (tertiary/aromatic N) is 2. The van der Waals surface area contributed by atoms with Gasteiger partial charge in [0.25, 0.3) is 0 Å². The van der Waals surface area contributed by atoms with Crippen molar-refractivity contribution < 1.29 is 0 Å². The molecule has 2 N–H and O–H groups in total. The van der Waals surface area contributed by atoms with Gasteiger partial charge in [0, 0.05) is 18.3 Å². The van der Waals surface area contributed by atoms with Crippen LogP contribution in [0.15, 0.2) is 6.20 Å². The molecule has 4 nitrogen and oxygen atoms in total. The number of nitrogens with one attached hydrogen (secondary N) is 2. The number of piperidine rings is 1. The number of hydrogen-bond acceptors (Lipinski definition) is 4. The van der Waals surface area contributed by atoms with Gasteiger partial charge in [0.05, 0.1) is 0 Å². The van der Waals surface area contributed by atoms with E-state index in [0.717, 1.165) is 25.2 Å². The Balaban J connectivity index is 1.77. The topological polar surface area (TPSA) is 49.8 Å². The largest absolute Gasteiger partial charge is 0.316 e. The molecule has 94 valence electrons. The summed E-state index contributed by atoms with van der Waals surface area (Å²) < 4.78 is 0. The number of aromatic nitrogens is 2. The van der Waals surface area contributed by atoms with E-state index in [1.165, 1.54) is 12.8 Å². The fourth-order valence-corrected chi connectivity index (χ4v) is 2.37. The summed E-state index contributed by atoms with van der Waals surface area (Å²) in [5, 5.41) is 7.40. The van der Waals surface area contributed by atoms with E-state index < -0.39 is 0 Å². The van der Waals surface area contributed by atoms with Gasteiger partial charge in [-0.1, -0.05) is 11.6 Å². The highest BCUT2D eigenvalue weighted by Crippen LogP contribution is 2.14. The molecule has 0 aromatic carbocycles. The Labute approximate surface area is 111 Å². The van der Waals surface area contributed by atoms with E-state index in [4.69, 9.17) is 23.2 Å². The first-order valence-corrected chi connectivity index (χ1v) is 6.59. The van der Waals surface area contributed by atoms with Gasteiger partial charge in [-0.25, -0.2) is 9.97 Å². The fraction of sp³-hybridized carbons (Fsp3) is 0.636.